The number of pyridine rings is 1. The van der Waals surface area contributed by atoms with Gasteiger partial charge in [-0.05, 0) is 41.6 Å². The van der Waals surface area contributed by atoms with Crippen molar-refractivity contribution in [1.29, 1.82) is 0 Å². The first-order valence-corrected chi connectivity index (χ1v) is 8.71. The number of aromatic amines is 1. The van der Waals surface area contributed by atoms with Crippen molar-refractivity contribution >= 4 is 16.8 Å². The number of amides is 1. The number of para-hydroxylation sites is 1. The van der Waals surface area contributed by atoms with Gasteiger partial charge in [-0.2, -0.15) is 0 Å². The Bertz CT molecular complexity index is 1020. The largest absolute Gasteiger partial charge is 0.497 e. The highest BCUT2D eigenvalue weighted by atomic mass is 16.5. The molecule has 4 rings (SSSR count). The summed E-state index contributed by atoms with van der Waals surface area (Å²) in [5, 5.41) is 0.860. The lowest BCUT2D eigenvalue weighted by molar-refractivity contribution is 0.0789. The van der Waals surface area contributed by atoms with Gasteiger partial charge in [0.1, 0.15) is 11.3 Å². The van der Waals surface area contributed by atoms with Gasteiger partial charge in [-0.25, -0.2) is 0 Å². The first kappa shape index (κ1) is 16.4. The standard InChI is InChI=1S/C21H20N2O3/c1-26-17-7-4-6-14(11-17)16-9-10-23(13-16)21(25)18-12-15-5-2-3-8-19(15)22-20(18)24/h2-8,11-12,16H,9-10,13H2,1H3,(H,22,24). The molecule has 1 atom stereocenters. The van der Waals surface area contributed by atoms with Gasteiger partial charge in [0.05, 0.1) is 7.11 Å². The summed E-state index contributed by atoms with van der Waals surface area (Å²) in [6, 6.07) is 17.1. The van der Waals surface area contributed by atoms with Crippen LogP contribution in [-0.2, 0) is 0 Å². The summed E-state index contributed by atoms with van der Waals surface area (Å²) in [4.78, 5) is 29.8. The van der Waals surface area contributed by atoms with E-state index in [9.17, 15) is 9.59 Å². The van der Waals surface area contributed by atoms with E-state index in [2.05, 4.69) is 11.1 Å². The van der Waals surface area contributed by atoms with E-state index in [1.54, 1.807) is 18.1 Å². The molecule has 1 unspecified atom stereocenters. The molecule has 1 aliphatic heterocycles. The third kappa shape index (κ3) is 2.96. The smallest absolute Gasteiger partial charge is 0.261 e. The van der Waals surface area contributed by atoms with E-state index in [1.807, 2.05) is 42.5 Å². The van der Waals surface area contributed by atoms with Crippen LogP contribution in [0.25, 0.3) is 10.9 Å². The molecular formula is C21H20N2O3. The van der Waals surface area contributed by atoms with E-state index in [0.717, 1.165) is 28.6 Å². The van der Waals surface area contributed by atoms with Crippen LogP contribution in [0.15, 0.2) is 59.4 Å². The van der Waals surface area contributed by atoms with Gasteiger partial charge in [0.25, 0.3) is 11.5 Å². The number of methoxy groups -OCH3 is 1. The summed E-state index contributed by atoms with van der Waals surface area (Å²) < 4.78 is 5.29. The molecule has 0 spiro atoms. The first-order valence-electron chi connectivity index (χ1n) is 8.71. The van der Waals surface area contributed by atoms with Crippen LogP contribution >= 0.6 is 0 Å². The normalized spacial score (nSPS) is 16.8. The van der Waals surface area contributed by atoms with Crippen LogP contribution < -0.4 is 10.3 Å². The highest BCUT2D eigenvalue weighted by Crippen LogP contribution is 2.30. The Hall–Kier alpha value is -3.08. The number of nitrogens with zero attached hydrogens (tertiary/aromatic N) is 1. The first-order chi connectivity index (χ1) is 12.7. The molecule has 1 N–H and O–H groups in total. The number of H-pyrrole nitrogens is 1. The third-order valence-corrected chi connectivity index (χ3v) is 5.02. The van der Waals surface area contributed by atoms with Gasteiger partial charge in [-0.1, -0.05) is 30.3 Å². The second-order valence-corrected chi connectivity index (χ2v) is 6.61. The van der Waals surface area contributed by atoms with Crippen molar-refractivity contribution in [2.75, 3.05) is 20.2 Å². The van der Waals surface area contributed by atoms with Crippen LogP contribution in [0.5, 0.6) is 5.75 Å². The molecule has 1 aromatic heterocycles. The maximum absolute atomic E-state index is 12.9. The van der Waals surface area contributed by atoms with Gasteiger partial charge in [0.2, 0.25) is 0 Å². The van der Waals surface area contributed by atoms with E-state index >= 15 is 0 Å². The monoisotopic (exact) mass is 348 g/mol. The van der Waals surface area contributed by atoms with Crippen LogP contribution in [0, 0.1) is 0 Å². The molecule has 0 saturated carbocycles. The number of hydrogen-bond donors (Lipinski definition) is 1. The Kier molecular flexibility index (Phi) is 4.21. The van der Waals surface area contributed by atoms with Gasteiger partial charge < -0.3 is 14.6 Å². The van der Waals surface area contributed by atoms with Crippen LogP contribution in [0.1, 0.15) is 28.3 Å². The molecule has 1 saturated heterocycles. The predicted octanol–water partition coefficient (Wildman–Crippen LogP) is 3.17. The van der Waals surface area contributed by atoms with Crippen molar-refractivity contribution in [3.63, 3.8) is 0 Å². The van der Waals surface area contributed by atoms with E-state index in [4.69, 9.17) is 4.74 Å². The number of rotatable bonds is 3. The van der Waals surface area contributed by atoms with Gasteiger partial charge in [0.15, 0.2) is 0 Å². The van der Waals surface area contributed by atoms with Crippen molar-refractivity contribution in [2.45, 2.75) is 12.3 Å². The molecule has 1 fully saturated rings. The van der Waals surface area contributed by atoms with Gasteiger partial charge in [-0.3, -0.25) is 9.59 Å². The summed E-state index contributed by atoms with van der Waals surface area (Å²) in [7, 11) is 1.65. The Labute approximate surface area is 151 Å². The topological polar surface area (TPSA) is 62.4 Å². The average Bonchev–Trinajstić information content (AvgIpc) is 3.17. The number of likely N-dealkylation sites (tertiary alicyclic amines) is 1. The summed E-state index contributed by atoms with van der Waals surface area (Å²) in [6.07, 6.45) is 0.879. The number of hydrogen-bond acceptors (Lipinski definition) is 3. The van der Waals surface area contributed by atoms with E-state index in [0.29, 0.717) is 13.1 Å². The number of carbonyl (C=O) groups excluding carboxylic acids is 1. The second-order valence-electron chi connectivity index (χ2n) is 6.61. The summed E-state index contributed by atoms with van der Waals surface area (Å²) >= 11 is 0. The fraction of sp³-hybridized carbons (Fsp3) is 0.238. The molecule has 5 nitrogen and oxygen atoms in total. The molecule has 1 amide bonds. The molecule has 2 heterocycles. The number of benzene rings is 2. The number of fused-ring (bicyclic) bond motifs is 1. The number of aromatic nitrogens is 1. The summed E-state index contributed by atoms with van der Waals surface area (Å²) in [6.45, 7) is 1.26. The molecule has 2 aromatic carbocycles. The minimum Gasteiger partial charge on any atom is -0.497 e. The third-order valence-electron chi connectivity index (χ3n) is 5.02. The van der Waals surface area contributed by atoms with Gasteiger partial charge in [0, 0.05) is 24.5 Å². The minimum absolute atomic E-state index is 0.204. The second kappa shape index (κ2) is 6.67. The molecule has 1 aliphatic rings. The maximum atomic E-state index is 12.9. The van der Waals surface area contributed by atoms with Crippen molar-refractivity contribution in [1.82, 2.24) is 9.88 Å². The summed E-state index contributed by atoms with van der Waals surface area (Å²) in [5.41, 5.74) is 1.77. The van der Waals surface area contributed by atoms with Gasteiger partial charge in [-0.15, -0.1) is 0 Å². The van der Waals surface area contributed by atoms with Crippen LogP contribution in [0.3, 0.4) is 0 Å². The zero-order valence-corrected chi connectivity index (χ0v) is 14.6. The number of carbonyl (C=O) groups is 1. The van der Waals surface area contributed by atoms with Gasteiger partial charge >= 0.3 is 0 Å². The van der Waals surface area contributed by atoms with Crippen molar-refractivity contribution < 1.29 is 9.53 Å². The molecule has 3 aromatic rings. The van der Waals surface area contributed by atoms with Crippen LogP contribution in [-0.4, -0.2) is 36.0 Å². The fourth-order valence-corrected chi connectivity index (χ4v) is 3.59. The SMILES string of the molecule is COc1cccc(C2CCN(C(=O)c3cc4ccccc4[nH]c3=O)C2)c1. The van der Waals surface area contributed by atoms with Crippen molar-refractivity contribution in [3.05, 3.63) is 76.1 Å². The van der Waals surface area contributed by atoms with E-state index in [1.165, 1.54) is 0 Å². The molecular weight excluding hydrogens is 328 g/mol. The Morgan fingerprint density at radius 2 is 2.00 bits per heavy atom. The lowest BCUT2D eigenvalue weighted by atomic mass is 9.98. The zero-order valence-electron chi connectivity index (χ0n) is 14.6. The van der Waals surface area contributed by atoms with Crippen LogP contribution in [0.2, 0.25) is 0 Å². The number of ether oxygens (including phenoxy) is 1. The lowest BCUT2D eigenvalue weighted by Gasteiger charge is -2.17. The maximum Gasteiger partial charge on any atom is 0.261 e. The Morgan fingerprint density at radius 1 is 1.15 bits per heavy atom. The molecule has 0 radical (unpaired) electrons. The molecule has 0 aliphatic carbocycles. The quantitative estimate of drug-likeness (QED) is 0.791. The highest BCUT2D eigenvalue weighted by Gasteiger charge is 2.29. The number of nitrogens with one attached hydrogen (secondary N) is 1. The van der Waals surface area contributed by atoms with Crippen molar-refractivity contribution in [3.8, 4) is 5.75 Å². The minimum atomic E-state index is -0.335. The molecule has 5 heteroatoms. The van der Waals surface area contributed by atoms with Crippen molar-refractivity contribution in [2.24, 2.45) is 0 Å². The average molecular weight is 348 g/mol. The van der Waals surface area contributed by atoms with E-state index < -0.39 is 0 Å². The van der Waals surface area contributed by atoms with Crippen LogP contribution in [0.4, 0.5) is 0 Å². The molecule has 0 bridgehead atoms. The molecule has 26 heavy (non-hydrogen) atoms. The Morgan fingerprint density at radius 3 is 2.85 bits per heavy atom. The fourth-order valence-electron chi connectivity index (χ4n) is 3.59. The summed E-state index contributed by atoms with van der Waals surface area (Å²) in [5.74, 6) is 0.870. The highest BCUT2D eigenvalue weighted by molar-refractivity contribution is 5.97. The Balaban J connectivity index is 1.58. The van der Waals surface area contributed by atoms with E-state index in [-0.39, 0.29) is 22.9 Å². The lowest BCUT2D eigenvalue weighted by Crippen LogP contribution is -2.33. The zero-order chi connectivity index (χ0) is 18.1. The predicted molar refractivity (Wildman–Crippen MR) is 101 cm³/mol. The molecule has 132 valence electrons.